The quantitative estimate of drug-likeness (QED) is 0.732. The van der Waals surface area contributed by atoms with Crippen LogP contribution in [-0.2, 0) is 4.79 Å². The van der Waals surface area contributed by atoms with Crippen molar-refractivity contribution in [3.05, 3.63) is 22.2 Å². The van der Waals surface area contributed by atoms with Crippen molar-refractivity contribution in [3.63, 3.8) is 0 Å². The fourth-order valence-electron chi connectivity index (χ4n) is 1.67. The molecule has 0 spiro atoms. The van der Waals surface area contributed by atoms with Gasteiger partial charge in [-0.25, -0.2) is 4.79 Å². The number of carboxylic acid groups (broad SMARTS) is 1. The second-order valence-corrected chi connectivity index (χ2v) is 4.97. The van der Waals surface area contributed by atoms with Crippen LogP contribution in [-0.4, -0.2) is 30.1 Å². The van der Waals surface area contributed by atoms with Crippen molar-refractivity contribution in [1.29, 1.82) is 0 Å². The molecule has 1 N–H and O–H groups in total. The first-order valence-corrected chi connectivity index (χ1v) is 7.13. The second kappa shape index (κ2) is 7.89. The number of halogens is 1. The molecule has 1 rings (SSSR count). The molecule has 1 aromatic rings. The van der Waals surface area contributed by atoms with Gasteiger partial charge in [-0.15, -0.1) is 0 Å². The minimum absolute atomic E-state index is 0.304. The Hall–Kier alpha value is -1.56. The van der Waals surface area contributed by atoms with E-state index in [0.717, 1.165) is 0 Å². The lowest BCUT2D eigenvalue weighted by atomic mass is 10.2. The Kier molecular flexibility index (Phi) is 6.51. The van der Waals surface area contributed by atoms with Crippen molar-refractivity contribution < 1.29 is 24.2 Å². The van der Waals surface area contributed by atoms with E-state index in [9.17, 15) is 9.59 Å². The molecule has 0 heterocycles. The summed E-state index contributed by atoms with van der Waals surface area (Å²) in [7, 11) is 0. The van der Waals surface area contributed by atoms with Gasteiger partial charge in [0.2, 0.25) is 0 Å². The van der Waals surface area contributed by atoms with Gasteiger partial charge in [-0.3, -0.25) is 4.79 Å². The zero-order valence-corrected chi connectivity index (χ0v) is 13.0. The Morgan fingerprint density at radius 1 is 1.45 bits per heavy atom. The molecule has 0 saturated carbocycles. The molecule has 0 amide bonds. The number of hydrogen-bond donors (Lipinski definition) is 1. The van der Waals surface area contributed by atoms with Gasteiger partial charge < -0.3 is 14.6 Å². The Labute approximate surface area is 126 Å². The van der Waals surface area contributed by atoms with E-state index in [0.29, 0.717) is 47.3 Å². The van der Waals surface area contributed by atoms with Crippen molar-refractivity contribution in [1.82, 2.24) is 0 Å². The SMILES string of the molecule is CCCC(Oc1c(Br)cc(C=O)cc1OCC)C(=O)O. The van der Waals surface area contributed by atoms with E-state index >= 15 is 0 Å². The molecule has 0 aliphatic heterocycles. The average molecular weight is 345 g/mol. The van der Waals surface area contributed by atoms with E-state index in [4.69, 9.17) is 14.6 Å². The molecule has 1 unspecified atom stereocenters. The molecule has 6 heteroatoms. The number of hydrogen-bond acceptors (Lipinski definition) is 4. The molecular formula is C14H17BrO5. The number of ether oxygens (including phenoxy) is 2. The summed E-state index contributed by atoms with van der Waals surface area (Å²) in [6.07, 6.45) is 0.823. The van der Waals surface area contributed by atoms with E-state index in [-0.39, 0.29) is 0 Å². The summed E-state index contributed by atoms with van der Waals surface area (Å²) in [6, 6.07) is 3.09. The molecule has 0 fully saturated rings. The summed E-state index contributed by atoms with van der Waals surface area (Å²) in [5.74, 6) is -0.370. The number of carbonyl (C=O) groups excluding carboxylic acids is 1. The largest absolute Gasteiger partial charge is 0.490 e. The third-order valence-electron chi connectivity index (χ3n) is 2.55. The maximum atomic E-state index is 11.2. The molecule has 110 valence electrons. The van der Waals surface area contributed by atoms with Gasteiger partial charge in [0.25, 0.3) is 0 Å². The zero-order valence-electron chi connectivity index (χ0n) is 11.4. The van der Waals surface area contributed by atoms with Crippen LogP contribution < -0.4 is 9.47 Å². The molecule has 0 aliphatic carbocycles. The Morgan fingerprint density at radius 2 is 2.15 bits per heavy atom. The van der Waals surface area contributed by atoms with Crippen molar-refractivity contribution in [3.8, 4) is 11.5 Å². The predicted octanol–water partition coefficient (Wildman–Crippen LogP) is 3.29. The van der Waals surface area contributed by atoms with Gasteiger partial charge in [0.1, 0.15) is 6.29 Å². The Morgan fingerprint density at radius 3 is 2.65 bits per heavy atom. The van der Waals surface area contributed by atoms with Crippen LogP contribution in [0.25, 0.3) is 0 Å². The summed E-state index contributed by atoms with van der Waals surface area (Å²) in [6.45, 7) is 4.07. The molecule has 20 heavy (non-hydrogen) atoms. The lowest BCUT2D eigenvalue weighted by Crippen LogP contribution is -2.27. The zero-order chi connectivity index (χ0) is 15.1. The van der Waals surface area contributed by atoms with Crippen molar-refractivity contribution in [2.24, 2.45) is 0 Å². The molecular weight excluding hydrogens is 328 g/mol. The van der Waals surface area contributed by atoms with Gasteiger partial charge in [-0.1, -0.05) is 13.3 Å². The van der Waals surface area contributed by atoms with E-state index in [1.165, 1.54) is 6.07 Å². The third kappa shape index (κ3) is 4.23. The van der Waals surface area contributed by atoms with Crippen LogP contribution in [0.2, 0.25) is 0 Å². The molecule has 0 aliphatic rings. The minimum atomic E-state index is -1.03. The van der Waals surface area contributed by atoms with Crippen LogP contribution in [0.4, 0.5) is 0 Å². The van der Waals surface area contributed by atoms with Crippen LogP contribution in [0.15, 0.2) is 16.6 Å². The first-order chi connectivity index (χ1) is 9.53. The molecule has 0 aromatic heterocycles. The van der Waals surface area contributed by atoms with Gasteiger partial charge >= 0.3 is 5.97 Å². The predicted molar refractivity (Wildman–Crippen MR) is 77.7 cm³/mol. The van der Waals surface area contributed by atoms with Gasteiger partial charge in [0, 0.05) is 5.56 Å². The summed E-state index contributed by atoms with van der Waals surface area (Å²) in [5, 5.41) is 9.14. The number of carboxylic acids is 1. The van der Waals surface area contributed by atoms with Gasteiger partial charge in [0.15, 0.2) is 17.6 Å². The van der Waals surface area contributed by atoms with Gasteiger partial charge in [0.05, 0.1) is 11.1 Å². The second-order valence-electron chi connectivity index (χ2n) is 4.11. The lowest BCUT2D eigenvalue weighted by molar-refractivity contribution is -0.145. The molecule has 1 aromatic carbocycles. The normalized spacial score (nSPS) is 11.8. The minimum Gasteiger partial charge on any atom is -0.490 e. The van der Waals surface area contributed by atoms with Gasteiger partial charge in [-0.05, 0) is 41.4 Å². The van der Waals surface area contributed by atoms with E-state index in [2.05, 4.69) is 15.9 Å². The number of aliphatic carboxylic acids is 1. The molecule has 0 bridgehead atoms. The number of rotatable bonds is 8. The number of carbonyl (C=O) groups is 2. The maximum Gasteiger partial charge on any atom is 0.344 e. The standard InChI is InChI=1S/C14H17BrO5/c1-3-5-11(14(17)18)20-13-10(15)6-9(8-16)7-12(13)19-4-2/h6-8,11H,3-5H2,1-2H3,(H,17,18). The fraction of sp³-hybridized carbons (Fsp3) is 0.429. The number of aldehydes is 1. The number of benzene rings is 1. The third-order valence-corrected chi connectivity index (χ3v) is 3.14. The Balaban J connectivity index is 3.14. The first kappa shape index (κ1) is 16.5. The topological polar surface area (TPSA) is 72.8 Å². The van der Waals surface area contributed by atoms with E-state index < -0.39 is 12.1 Å². The van der Waals surface area contributed by atoms with Crippen LogP contribution in [0, 0.1) is 0 Å². The van der Waals surface area contributed by atoms with Crippen molar-refractivity contribution >= 4 is 28.2 Å². The first-order valence-electron chi connectivity index (χ1n) is 6.34. The van der Waals surface area contributed by atoms with Gasteiger partial charge in [-0.2, -0.15) is 0 Å². The molecule has 0 radical (unpaired) electrons. The highest BCUT2D eigenvalue weighted by Gasteiger charge is 2.22. The smallest absolute Gasteiger partial charge is 0.344 e. The summed E-state index contributed by atoms with van der Waals surface area (Å²) >= 11 is 3.28. The van der Waals surface area contributed by atoms with Crippen molar-refractivity contribution in [2.75, 3.05) is 6.61 Å². The molecule has 0 saturated heterocycles. The summed E-state index contributed by atoms with van der Waals surface area (Å²) in [4.78, 5) is 22.0. The van der Waals surface area contributed by atoms with Crippen LogP contribution >= 0.6 is 15.9 Å². The molecule has 1 atom stereocenters. The monoisotopic (exact) mass is 344 g/mol. The van der Waals surface area contributed by atoms with E-state index in [1.807, 2.05) is 6.92 Å². The maximum absolute atomic E-state index is 11.2. The van der Waals surface area contributed by atoms with Crippen molar-refractivity contribution in [2.45, 2.75) is 32.8 Å². The van der Waals surface area contributed by atoms with Crippen LogP contribution in [0.5, 0.6) is 11.5 Å². The van der Waals surface area contributed by atoms with E-state index in [1.54, 1.807) is 13.0 Å². The fourth-order valence-corrected chi connectivity index (χ4v) is 2.22. The summed E-state index contributed by atoms with van der Waals surface area (Å²) in [5.41, 5.74) is 0.426. The summed E-state index contributed by atoms with van der Waals surface area (Å²) < 4.78 is 11.4. The highest BCUT2D eigenvalue weighted by molar-refractivity contribution is 9.10. The Bertz CT molecular complexity index is 487. The lowest BCUT2D eigenvalue weighted by Gasteiger charge is -2.18. The highest BCUT2D eigenvalue weighted by atomic mass is 79.9. The average Bonchev–Trinajstić information content (AvgIpc) is 2.41. The highest BCUT2D eigenvalue weighted by Crippen LogP contribution is 2.37. The molecule has 5 nitrogen and oxygen atoms in total. The van der Waals surface area contributed by atoms with Crippen LogP contribution in [0.3, 0.4) is 0 Å². The van der Waals surface area contributed by atoms with Crippen LogP contribution in [0.1, 0.15) is 37.0 Å².